The Morgan fingerprint density at radius 3 is 1.74 bits per heavy atom. The zero-order valence-electron chi connectivity index (χ0n) is 11.9. The Balaban J connectivity index is 3.44. The van der Waals surface area contributed by atoms with Gasteiger partial charge in [-0.05, 0) is 44.4 Å². The van der Waals surface area contributed by atoms with E-state index in [0.717, 1.165) is 16.7 Å². The molecular formula is C15H20N4. The van der Waals surface area contributed by atoms with Gasteiger partial charge in [-0.15, -0.1) is 0 Å². The van der Waals surface area contributed by atoms with Crippen LogP contribution in [0.15, 0.2) is 18.2 Å². The van der Waals surface area contributed by atoms with Gasteiger partial charge in [-0.2, -0.15) is 10.5 Å². The molecule has 4 heteroatoms. The van der Waals surface area contributed by atoms with Gasteiger partial charge < -0.3 is 0 Å². The van der Waals surface area contributed by atoms with Crippen molar-refractivity contribution in [1.29, 1.82) is 10.5 Å². The molecule has 100 valence electrons. The van der Waals surface area contributed by atoms with Crippen molar-refractivity contribution in [1.82, 2.24) is 5.43 Å². The van der Waals surface area contributed by atoms with Crippen molar-refractivity contribution in [3.05, 3.63) is 34.9 Å². The third-order valence-electron chi connectivity index (χ3n) is 3.30. The number of nitrogens with one attached hydrogen (secondary N) is 1. The highest BCUT2D eigenvalue weighted by molar-refractivity contribution is 5.42. The quantitative estimate of drug-likeness (QED) is 0.639. The minimum absolute atomic E-state index is 0.504. The SMILES string of the molecule is CC(C)(C#N)c1cc(CNN)cc(C(C)(C)C#N)c1. The van der Waals surface area contributed by atoms with Crippen molar-refractivity contribution in [2.75, 3.05) is 0 Å². The van der Waals surface area contributed by atoms with Crippen LogP contribution < -0.4 is 11.3 Å². The number of hydrazine groups is 1. The molecule has 0 saturated heterocycles. The summed E-state index contributed by atoms with van der Waals surface area (Å²) in [5, 5.41) is 18.5. The predicted molar refractivity (Wildman–Crippen MR) is 74.7 cm³/mol. The average Bonchev–Trinajstić information content (AvgIpc) is 2.38. The Morgan fingerprint density at radius 2 is 1.42 bits per heavy atom. The molecule has 0 aliphatic carbocycles. The fraction of sp³-hybridized carbons (Fsp3) is 0.467. The minimum Gasteiger partial charge on any atom is -0.271 e. The molecule has 0 saturated carbocycles. The van der Waals surface area contributed by atoms with E-state index in [9.17, 15) is 10.5 Å². The fourth-order valence-electron chi connectivity index (χ4n) is 1.76. The number of hydrogen-bond donors (Lipinski definition) is 2. The van der Waals surface area contributed by atoms with E-state index in [2.05, 4.69) is 17.6 Å². The highest BCUT2D eigenvalue weighted by Crippen LogP contribution is 2.30. The molecule has 3 N–H and O–H groups in total. The maximum Gasteiger partial charge on any atom is 0.0766 e. The van der Waals surface area contributed by atoms with E-state index >= 15 is 0 Å². The van der Waals surface area contributed by atoms with E-state index in [0.29, 0.717) is 6.54 Å². The first-order chi connectivity index (χ1) is 8.76. The number of nitrogens with zero attached hydrogens (tertiary/aromatic N) is 2. The van der Waals surface area contributed by atoms with Gasteiger partial charge in [-0.25, -0.2) is 0 Å². The van der Waals surface area contributed by atoms with Crippen LogP contribution in [-0.4, -0.2) is 0 Å². The molecule has 1 aromatic carbocycles. The van der Waals surface area contributed by atoms with Gasteiger partial charge >= 0.3 is 0 Å². The smallest absolute Gasteiger partial charge is 0.0766 e. The summed E-state index contributed by atoms with van der Waals surface area (Å²) < 4.78 is 0. The van der Waals surface area contributed by atoms with Crippen LogP contribution in [0.4, 0.5) is 0 Å². The zero-order chi connectivity index (χ0) is 14.7. The lowest BCUT2D eigenvalue weighted by Crippen LogP contribution is -2.23. The van der Waals surface area contributed by atoms with Crippen molar-refractivity contribution in [3.8, 4) is 12.1 Å². The van der Waals surface area contributed by atoms with Gasteiger partial charge in [-0.3, -0.25) is 11.3 Å². The van der Waals surface area contributed by atoms with E-state index in [1.807, 2.05) is 45.9 Å². The summed E-state index contributed by atoms with van der Waals surface area (Å²) in [7, 11) is 0. The topological polar surface area (TPSA) is 85.6 Å². The summed E-state index contributed by atoms with van der Waals surface area (Å²) in [4.78, 5) is 0. The van der Waals surface area contributed by atoms with Crippen molar-refractivity contribution in [2.24, 2.45) is 5.84 Å². The second kappa shape index (κ2) is 5.40. The second-order valence-corrected chi connectivity index (χ2v) is 5.77. The Labute approximate surface area is 114 Å². The van der Waals surface area contributed by atoms with Gasteiger partial charge in [0.2, 0.25) is 0 Å². The molecule has 0 aromatic heterocycles. The molecule has 0 bridgehead atoms. The van der Waals surface area contributed by atoms with Crippen LogP contribution in [0.3, 0.4) is 0 Å². The number of nitriles is 2. The van der Waals surface area contributed by atoms with Gasteiger partial charge in [0.1, 0.15) is 0 Å². The standard InChI is InChI=1S/C15H20N4/c1-14(2,9-16)12-5-11(8-19-18)6-13(7-12)15(3,4)10-17/h5-7,19H,8,18H2,1-4H3. The minimum atomic E-state index is -0.592. The van der Waals surface area contributed by atoms with Gasteiger partial charge in [0.25, 0.3) is 0 Å². The van der Waals surface area contributed by atoms with Crippen LogP contribution in [0.25, 0.3) is 0 Å². The molecule has 1 aromatic rings. The van der Waals surface area contributed by atoms with E-state index in [1.54, 1.807) is 0 Å². The summed E-state index contributed by atoms with van der Waals surface area (Å²) in [5.74, 6) is 5.36. The predicted octanol–water partition coefficient (Wildman–Crippen LogP) is 2.25. The molecule has 0 spiro atoms. The third-order valence-corrected chi connectivity index (χ3v) is 3.30. The van der Waals surface area contributed by atoms with Crippen LogP contribution in [0.2, 0.25) is 0 Å². The maximum absolute atomic E-state index is 9.26. The first-order valence-corrected chi connectivity index (χ1v) is 6.18. The normalized spacial score (nSPS) is 11.7. The summed E-state index contributed by atoms with van der Waals surface area (Å²) in [6.45, 7) is 7.97. The zero-order valence-corrected chi connectivity index (χ0v) is 11.9. The van der Waals surface area contributed by atoms with Crippen LogP contribution >= 0.6 is 0 Å². The van der Waals surface area contributed by atoms with E-state index < -0.39 is 10.8 Å². The number of rotatable bonds is 4. The molecule has 0 atom stereocenters. The molecule has 0 aliphatic heterocycles. The van der Waals surface area contributed by atoms with E-state index in [1.165, 1.54) is 0 Å². The first kappa shape index (κ1) is 15.2. The highest BCUT2D eigenvalue weighted by atomic mass is 15.2. The van der Waals surface area contributed by atoms with Crippen molar-refractivity contribution >= 4 is 0 Å². The molecule has 0 heterocycles. The van der Waals surface area contributed by atoms with Crippen LogP contribution in [-0.2, 0) is 17.4 Å². The van der Waals surface area contributed by atoms with Gasteiger partial charge in [0, 0.05) is 6.54 Å². The largest absolute Gasteiger partial charge is 0.271 e. The molecule has 4 nitrogen and oxygen atoms in total. The summed E-state index contributed by atoms with van der Waals surface area (Å²) in [5.41, 5.74) is 4.21. The van der Waals surface area contributed by atoms with Crippen LogP contribution in [0, 0.1) is 22.7 Å². The molecule has 1 rings (SSSR count). The second-order valence-electron chi connectivity index (χ2n) is 5.77. The third kappa shape index (κ3) is 3.32. The van der Waals surface area contributed by atoms with Crippen molar-refractivity contribution in [2.45, 2.75) is 45.1 Å². The lowest BCUT2D eigenvalue weighted by atomic mass is 9.79. The molecular weight excluding hydrogens is 236 g/mol. The monoisotopic (exact) mass is 256 g/mol. The van der Waals surface area contributed by atoms with Crippen LogP contribution in [0.5, 0.6) is 0 Å². The first-order valence-electron chi connectivity index (χ1n) is 6.18. The van der Waals surface area contributed by atoms with Crippen LogP contribution in [0.1, 0.15) is 44.4 Å². The summed E-state index contributed by atoms with van der Waals surface area (Å²) >= 11 is 0. The van der Waals surface area contributed by atoms with E-state index in [4.69, 9.17) is 5.84 Å². The molecule has 19 heavy (non-hydrogen) atoms. The van der Waals surface area contributed by atoms with E-state index in [-0.39, 0.29) is 0 Å². The average molecular weight is 256 g/mol. The molecule has 0 aliphatic rings. The Kier molecular flexibility index (Phi) is 4.32. The molecule has 0 fully saturated rings. The van der Waals surface area contributed by atoms with Crippen molar-refractivity contribution in [3.63, 3.8) is 0 Å². The molecule has 0 unspecified atom stereocenters. The Morgan fingerprint density at radius 1 is 1.00 bits per heavy atom. The lowest BCUT2D eigenvalue weighted by molar-refractivity contribution is 0.653. The molecule has 0 amide bonds. The summed E-state index contributed by atoms with van der Waals surface area (Å²) in [6.07, 6.45) is 0. The van der Waals surface area contributed by atoms with Gasteiger partial charge in [0.15, 0.2) is 0 Å². The number of hydrogen-bond acceptors (Lipinski definition) is 4. The van der Waals surface area contributed by atoms with Gasteiger partial charge in [-0.1, -0.05) is 18.2 Å². The molecule has 0 radical (unpaired) electrons. The number of benzene rings is 1. The summed E-state index contributed by atoms with van der Waals surface area (Å²) in [6, 6.07) is 10.4. The maximum atomic E-state index is 9.26. The van der Waals surface area contributed by atoms with Crippen molar-refractivity contribution < 1.29 is 0 Å². The Hall–Kier alpha value is -1.88. The Bertz CT molecular complexity index is 500. The lowest BCUT2D eigenvalue weighted by Gasteiger charge is -2.23. The fourth-order valence-corrected chi connectivity index (χ4v) is 1.76. The highest BCUT2D eigenvalue weighted by Gasteiger charge is 2.25. The number of nitrogens with two attached hydrogens (primary N) is 1. The van der Waals surface area contributed by atoms with Gasteiger partial charge in [0.05, 0.1) is 23.0 Å².